The Kier molecular flexibility index (Phi) is 4.82. The minimum atomic E-state index is -0.122. The second-order valence-electron chi connectivity index (χ2n) is 4.86. The Morgan fingerprint density at radius 2 is 2.30 bits per heavy atom. The monoisotopic (exact) mass is 349 g/mol. The topological polar surface area (TPSA) is 81.2 Å². The van der Waals surface area contributed by atoms with Gasteiger partial charge in [0.25, 0.3) is 0 Å². The maximum Gasteiger partial charge on any atom is 0.236 e. The molecular formula is C15H15N3O3S2. The second-order valence-corrected chi connectivity index (χ2v) is 6.80. The molecule has 0 aliphatic heterocycles. The average Bonchev–Trinajstić information content (AvgIpc) is 3.22. The number of amides is 1. The number of anilines is 1. The Labute approximate surface area is 141 Å². The summed E-state index contributed by atoms with van der Waals surface area (Å²) in [7, 11) is 0. The average molecular weight is 349 g/mol. The van der Waals surface area contributed by atoms with Crippen molar-refractivity contribution in [3.05, 3.63) is 40.8 Å². The van der Waals surface area contributed by atoms with Gasteiger partial charge in [0.2, 0.25) is 11.8 Å². The number of aromatic nitrogens is 2. The summed E-state index contributed by atoms with van der Waals surface area (Å²) in [6, 6.07) is 5.61. The van der Waals surface area contributed by atoms with Crippen molar-refractivity contribution in [3.8, 4) is 10.8 Å². The van der Waals surface area contributed by atoms with E-state index in [1.54, 1.807) is 24.3 Å². The summed E-state index contributed by atoms with van der Waals surface area (Å²) in [5, 5.41) is 8.40. The zero-order valence-corrected chi connectivity index (χ0v) is 14.3. The lowest BCUT2D eigenvalue weighted by Crippen LogP contribution is -2.14. The van der Waals surface area contributed by atoms with Gasteiger partial charge in [-0.3, -0.25) is 4.79 Å². The van der Waals surface area contributed by atoms with Crippen molar-refractivity contribution < 1.29 is 13.7 Å². The number of carbonyl (C=O) groups is 1. The molecule has 1 N–H and O–H groups in total. The molecule has 3 heterocycles. The van der Waals surface area contributed by atoms with E-state index in [1.165, 1.54) is 11.8 Å². The van der Waals surface area contributed by atoms with Crippen LogP contribution in [0.15, 0.2) is 32.5 Å². The van der Waals surface area contributed by atoms with Gasteiger partial charge in [0.1, 0.15) is 11.5 Å². The molecule has 0 atom stereocenters. The first kappa shape index (κ1) is 15.8. The standard InChI is InChI=1S/C15H15N3O3S2/c1-9-6-13(18-21-9)17-14(19)8-22-7-11-10(2)20-15(16-11)12-4-3-5-23-12/h3-6H,7-8H2,1-2H3,(H,17,18,19). The Balaban J connectivity index is 1.51. The first-order chi connectivity index (χ1) is 11.1. The Bertz CT molecular complexity index is 793. The highest BCUT2D eigenvalue weighted by Crippen LogP contribution is 2.27. The first-order valence-corrected chi connectivity index (χ1v) is 8.96. The molecule has 0 aliphatic carbocycles. The van der Waals surface area contributed by atoms with E-state index in [0.717, 1.165) is 16.3 Å². The number of aryl methyl sites for hydroxylation is 2. The molecule has 0 saturated carbocycles. The third-order valence-corrected chi connectivity index (χ3v) is 4.79. The third-order valence-electron chi connectivity index (χ3n) is 2.99. The number of hydrogen-bond acceptors (Lipinski definition) is 7. The van der Waals surface area contributed by atoms with Crippen LogP contribution in [-0.4, -0.2) is 21.8 Å². The van der Waals surface area contributed by atoms with Crippen LogP contribution in [0.3, 0.4) is 0 Å². The number of thiophene rings is 1. The normalized spacial score (nSPS) is 10.9. The van der Waals surface area contributed by atoms with Crippen molar-refractivity contribution in [1.29, 1.82) is 0 Å². The summed E-state index contributed by atoms with van der Waals surface area (Å²) in [4.78, 5) is 17.3. The molecule has 1 amide bonds. The maximum atomic E-state index is 11.8. The number of hydrogen-bond donors (Lipinski definition) is 1. The lowest BCUT2D eigenvalue weighted by atomic mass is 10.4. The zero-order chi connectivity index (χ0) is 16.2. The van der Waals surface area contributed by atoms with E-state index in [2.05, 4.69) is 15.5 Å². The Hall–Kier alpha value is -2.06. The van der Waals surface area contributed by atoms with Crippen LogP contribution in [-0.2, 0) is 10.5 Å². The van der Waals surface area contributed by atoms with Crippen LogP contribution in [0.5, 0.6) is 0 Å². The van der Waals surface area contributed by atoms with Crippen molar-refractivity contribution in [2.24, 2.45) is 0 Å². The fourth-order valence-corrected chi connectivity index (χ4v) is 3.38. The number of carbonyl (C=O) groups excluding carboxylic acids is 1. The van der Waals surface area contributed by atoms with Gasteiger partial charge in [0, 0.05) is 11.8 Å². The van der Waals surface area contributed by atoms with E-state index >= 15 is 0 Å². The van der Waals surface area contributed by atoms with Crippen LogP contribution < -0.4 is 5.32 Å². The molecule has 0 aromatic carbocycles. The Morgan fingerprint density at radius 1 is 1.43 bits per heavy atom. The summed E-state index contributed by atoms with van der Waals surface area (Å²) in [5.41, 5.74) is 0.864. The van der Waals surface area contributed by atoms with E-state index in [9.17, 15) is 4.79 Å². The van der Waals surface area contributed by atoms with Crippen LogP contribution in [0, 0.1) is 13.8 Å². The van der Waals surface area contributed by atoms with Crippen molar-refractivity contribution in [2.45, 2.75) is 19.6 Å². The third kappa shape index (κ3) is 4.02. The predicted octanol–water partition coefficient (Wildman–Crippen LogP) is 3.88. The number of oxazole rings is 1. The fraction of sp³-hybridized carbons (Fsp3) is 0.267. The fourth-order valence-electron chi connectivity index (χ4n) is 1.91. The molecule has 6 nitrogen and oxygen atoms in total. The van der Waals surface area contributed by atoms with Gasteiger partial charge in [-0.2, -0.15) is 0 Å². The van der Waals surface area contributed by atoms with Crippen LogP contribution in [0.4, 0.5) is 5.82 Å². The molecule has 0 unspecified atom stereocenters. The van der Waals surface area contributed by atoms with Gasteiger partial charge >= 0.3 is 0 Å². The van der Waals surface area contributed by atoms with Crippen molar-refractivity contribution in [1.82, 2.24) is 10.1 Å². The number of rotatable bonds is 6. The number of thioether (sulfide) groups is 1. The molecule has 23 heavy (non-hydrogen) atoms. The molecule has 0 bridgehead atoms. The molecule has 3 aromatic heterocycles. The van der Waals surface area contributed by atoms with Gasteiger partial charge in [0.15, 0.2) is 5.82 Å². The lowest BCUT2D eigenvalue weighted by molar-refractivity contribution is -0.113. The van der Waals surface area contributed by atoms with E-state index in [4.69, 9.17) is 8.94 Å². The van der Waals surface area contributed by atoms with Gasteiger partial charge < -0.3 is 14.3 Å². The molecule has 0 fully saturated rings. The van der Waals surface area contributed by atoms with Crippen molar-refractivity contribution >= 4 is 34.8 Å². The van der Waals surface area contributed by atoms with Gasteiger partial charge in [-0.15, -0.1) is 23.1 Å². The summed E-state index contributed by atoms with van der Waals surface area (Å²) < 4.78 is 10.6. The van der Waals surface area contributed by atoms with Gasteiger partial charge in [-0.1, -0.05) is 11.2 Å². The van der Waals surface area contributed by atoms with Gasteiger partial charge in [-0.25, -0.2) is 4.98 Å². The molecule has 3 rings (SSSR count). The molecule has 0 saturated heterocycles. The SMILES string of the molecule is Cc1cc(NC(=O)CSCc2nc(-c3cccs3)oc2C)no1. The summed E-state index contributed by atoms with van der Waals surface area (Å²) in [6.45, 7) is 3.66. The first-order valence-electron chi connectivity index (χ1n) is 6.93. The minimum Gasteiger partial charge on any atom is -0.440 e. The number of nitrogens with zero attached hydrogens (tertiary/aromatic N) is 2. The molecule has 3 aromatic rings. The quantitative estimate of drug-likeness (QED) is 0.727. The smallest absolute Gasteiger partial charge is 0.236 e. The lowest BCUT2D eigenvalue weighted by Gasteiger charge is -2.00. The highest BCUT2D eigenvalue weighted by molar-refractivity contribution is 7.99. The van der Waals surface area contributed by atoms with E-state index < -0.39 is 0 Å². The molecule has 0 radical (unpaired) electrons. The predicted molar refractivity (Wildman–Crippen MR) is 90.6 cm³/mol. The summed E-state index contributed by atoms with van der Waals surface area (Å²) in [5.74, 6) is 3.32. The van der Waals surface area contributed by atoms with Gasteiger partial charge in [0.05, 0.1) is 16.3 Å². The van der Waals surface area contributed by atoms with E-state index in [0.29, 0.717) is 29.0 Å². The maximum absolute atomic E-state index is 11.8. The van der Waals surface area contributed by atoms with E-state index in [-0.39, 0.29) is 5.91 Å². The van der Waals surface area contributed by atoms with Crippen LogP contribution in [0.25, 0.3) is 10.8 Å². The zero-order valence-electron chi connectivity index (χ0n) is 12.7. The largest absolute Gasteiger partial charge is 0.440 e. The highest BCUT2D eigenvalue weighted by Gasteiger charge is 2.13. The van der Waals surface area contributed by atoms with E-state index in [1.807, 2.05) is 24.4 Å². The second kappa shape index (κ2) is 7.01. The molecule has 8 heteroatoms. The molecule has 120 valence electrons. The highest BCUT2D eigenvalue weighted by atomic mass is 32.2. The molecular weight excluding hydrogens is 334 g/mol. The van der Waals surface area contributed by atoms with Crippen LogP contribution >= 0.6 is 23.1 Å². The van der Waals surface area contributed by atoms with Crippen molar-refractivity contribution in [2.75, 3.05) is 11.1 Å². The van der Waals surface area contributed by atoms with Crippen LogP contribution in [0.1, 0.15) is 17.2 Å². The summed E-state index contributed by atoms with van der Waals surface area (Å²) in [6.07, 6.45) is 0. The minimum absolute atomic E-state index is 0.122. The number of nitrogens with one attached hydrogen (secondary N) is 1. The Morgan fingerprint density at radius 3 is 3.00 bits per heavy atom. The van der Waals surface area contributed by atoms with Gasteiger partial charge in [-0.05, 0) is 25.3 Å². The summed E-state index contributed by atoms with van der Waals surface area (Å²) >= 11 is 3.06. The molecule has 0 aliphatic rings. The molecule has 0 spiro atoms. The van der Waals surface area contributed by atoms with Crippen LogP contribution in [0.2, 0.25) is 0 Å². The van der Waals surface area contributed by atoms with Crippen molar-refractivity contribution in [3.63, 3.8) is 0 Å².